The van der Waals surface area contributed by atoms with E-state index in [1.807, 2.05) is 5.32 Å². The van der Waals surface area contributed by atoms with Crippen LogP contribution in [0.25, 0.3) is 0 Å². The molecule has 92 valence electrons. The average Bonchev–Trinajstić information content (AvgIpc) is 2.24. The Labute approximate surface area is 95.0 Å². The maximum atomic E-state index is 11.4. The minimum absolute atomic E-state index is 0.113. The Balaban J connectivity index is 4.16. The van der Waals surface area contributed by atoms with E-state index in [1.165, 1.54) is 14.0 Å². The van der Waals surface area contributed by atoms with Gasteiger partial charge in [-0.15, -0.1) is 0 Å². The number of imide groups is 1. The molecule has 7 nitrogen and oxygen atoms in total. The summed E-state index contributed by atoms with van der Waals surface area (Å²) >= 11 is 0. The summed E-state index contributed by atoms with van der Waals surface area (Å²) in [5, 5.41) is 11.6. The third-order valence-corrected chi connectivity index (χ3v) is 3.35. The van der Waals surface area contributed by atoms with Gasteiger partial charge in [0.2, 0.25) is 5.91 Å². The predicted molar refractivity (Wildman–Crippen MR) is 57.3 cm³/mol. The average molecular weight is 250 g/mol. The highest BCUT2D eigenvalue weighted by Crippen LogP contribution is 1.98. The second-order valence-electron chi connectivity index (χ2n) is 2.94. The van der Waals surface area contributed by atoms with Gasteiger partial charge in [-0.3, -0.25) is 19.1 Å². The van der Waals surface area contributed by atoms with Crippen molar-refractivity contribution in [1.29, 1.82) is 0 Å². The molecule has 0 rings (SSSR count). The summed E-state index contributed by atoms with van der Waals surface area (Å²) in [6.45, 7) is 1.37. The molecule has 8 heteroatoms. The van der Waals surface area contributed by atoms with E-state index in [1.54, 1.807) is 0 Å². The minimum atomic E-state index is -1.61. The molecule has 3 amide bonds. The van der Waals surface area contributed by atoms with E-state index in [0.717, 1.165) is 0 Å². The lowest BCUT2D eigenvalue weighted by atomic mass is 10.4. The first-order valence-electron chi connectivity index (χ1n) is 4.50. The number of carboxylic acid groups (broad SMARTS) is 1. The SMILES string of the molecule is CNC(=O)NC(=O)C(C)S(=O)CCC(=O)O. The number of carboxylic acids is 1. The molecule has 0 radical (unpaired) electrons. The highest BCUT2D eigenvalue weighted by molar-refractivity contribution is 7.86. The number of carbonyl (C=O) groups excluding carboxylic acids is 2. The first-order valence-corrected chi connectivity index (χ1v) is 5.88. The van der Waals surface area contributed by atoms with Crippen LogP contribution in [0.5, 0.6) is 0 Å². The number of nitrogens with one attached hydrogen (secondary N) is 2. The van der Waals surface area contributed by atoms with Crippen LogP contribution in [0, 0.1) is 0 Å². The summed E-state index contributed by atoms with van der Waals surface area (Å²) in [6.07, 6.45) is -0.274. The molecule has 16 heavy (non-hydrogen) atoms. The molecule has 0 heterocycles. The molecule has 0 aliphatic carbocycles. The summed E-state index contributed by atoms with van der Waals surface area (Å²) in [4.78, 5) is 32.3. The molecule has 0 saturated heterocycles. The van der Waals surface area contributed by atoms with Gasteiger partial charge < -0.3 is 10.4 Å². The van der Waals surface area contributed by atoms with Crippen molar-refractivity contribution < 1.29 is 23.7 Å². The molecule has 2 atom stereocenters. The third-order valence-electron chi connectivity index (χ3n) is 1.74. The van der Waals surface area contributed by atoms with Gasteiger partial charge in [0.15, 0.2) is 0 Å². The van der Waals surface area contributed by atoms with E-state index < -0.39 is 34.0 Å². The van der Waals surface area contributed by atoms with Crippen molar-refractivity contribution in [2.75, 3.05) is 12.8 Å². The third kappa shape index (κ3) is 5.44. The van der Waals surface area contributed by atoms with E-state index in [-0.39, 0.29) is 12.2 Å². The van der Waals surface area contributed by atoms with Gasteiger partial charge in [0.25, 0.3) is 0 Å². The Morgan fingerprint density at radius 3 is 2.38 bits per heavy atom. The standard InChI is InChI=1S/C8H14N2O5S/c1-5(7(13)10-8(14)9-2)16(15)4-3-6(11)12/h5H,3-4H2,1-2H3,(H,11,12)(H2,9,10,13,14). The molecule has 3 N–H and O–H groups in total. The van der Waals surface area contributed by atoms with Crippen LogP contribution in [0.3, 0.4) is 0 Å². The first kappa shape index (κ1) is 14.6. The monoisotopic (exact) mass is 250 g/mol. The van der Waals surface area contributed by atoms with E-state index in [9.17, 15) is 18.6 Å². The second-order valence-corrected chi connectivity index (χ2v) is 4.82. The zero-order valence-electron chi connectivity index (χ0n) is 8.98. The van der Waals surface area contributed by atoms with Crippen LogP contribution in [-0.2, 0) is 20.4 Å². The number of rotatable bonds is 5. The first-order chi connectivity index (χ1) is 7.38. The fraction of sp³-hybridized carbons (Fsp3) is 0.625. The highest BCUT2D eigenvalue weighted by Gasteiger charge is 2.21. The van der Waals surface area contributed by atoms with Crippen molar-refractivity contribution in [3.8, 4) is 0 Å². The largest absolute Gasteiger partial charge is 0.481 e. The molecule has 0 aliphatic rings. The molecule has 0 aromatic heterocycles. The lowest BCUT2D eigenvalue weighted by molar-refractivity contribution is -0.136. The summed E-state index contributed by atoms with van der Waals surface area (Å²) in [6, 6.07) is -0.688. The number of amides is 3. The molecule has 0 bridgehead atoms. The maximum Gasteiger partial charge on any atom is 0.321 e. The molecular formula is C8H14N2O5S. The predicted octanol–water partition coefficient (Wildman–Crippen LogP) is -0.946. The smallest absolute Gasteiger partial charge is 0.321 e. The van der Waals surface area contributed by atoms with Gasteiger partial charge in [0.05, 0.1) is 6.42 Å². The van der Waals surface area contributed by atoms with Crippen LogP contribution in [0.4, 0.5) is 4.79 Å². The van der Waals surface area contributed by atoms with Gasteiger partial charge in [-0.25, -0.2) is 4.79 Å². The van der Waals surface area contributed by atoms with Crippen molar-refractivity contribution in [1.82, 2.24) is 10.6 Å². The molecule has 0 aromatic carbocycles. The zero-order valence-corrected chi connectivity index (χ0v) is 9.80. The normalized spacial score (nSPS) is 13.6. The van der Waals surface area contributed by atoms with Crippen LogP contribution in [0.2, 0.25) is 0 Å². The molecule has 0 aromatic rings. The van der Waals surface area contributed by atoms with Crippen LogP contribution in [0.1, 0.15) is 13.3 Å². The van der Waals surface area contributed by atoms with Crippen LogP contribution >= 0.6 is 0 Å². The summed E-state index contributed by atoms with van der Waals surface area (Å²) in [5.74, 6) is -1.88. The Hall–Kier alpha value is -1.44. The van der Waals surface area contributed by atoms with Crippen LogP contribution in [-0.4, -0.2) is 45.3 Å². The lowest BCUT2D eigenvalue weighted by Gasteiger charge is -2.10. The van der Waals surface area contributed by atoms with Gasteiger partial charge in [0.1, 0.15) is 5.25 Å². The van der Waals surface area contributed by atoms with Gasteiger partial charge in [-0.2, -0.15) is 0 Å². The quantitative estimate of drug-likeness (QED) is 0.582. The van der Waals surface area contributed by atoms with Gasteiger partial charge in [-0.1, -0.05) is 0 Å². The van der Waals surface area contributed by atoms with Gasteiger partial charge >= 0.3 is 12.0 Å². The number of urea groups is 1. The van der Waals surface area contributed by atoms with Gasteiger partial charge in [0, 0.05) is 23.6 Å². The van der Waals surface area contributed by atoms with E-state index in [0.29, 0.717) is 0 Å². The highest BCUT2D eigenvalue weighted by atomic mass is 32.2. The van der Waals surface area contributed by atoms with Crippen molar-refractivity contribution >= 4 is 28.7 Å². The summed E-state index contributed by atoms with van der Waals surface area (Å²) in [7, 11) is -0.265. The Kier molecular flexibility index (Phi) is 6.31. The molecule has 2 unspecified atom stereocenters. The van der Waals surface area contributed by atoms with Crippen molar-refractivity contribution in [3.05, 3.63) is 0 Å². The Morgan fingerprint density at radius 2 is 1.94 bits per heavy atom. The van der Waals surface area contributed by atoms with Crippen molar-refractivity contribution in [2.45, 2.75) is 18.6 Å². The fourth-order valence-corrected chi connectivity index (χ4v) is 1.79. The molecule has 0 fully saturated rings. The second kappa shape index (κ2) is 6.94. The summed E-state index contributed by atoms with van der Waals surface area (Å²) in [5.41, 5.74) is 0. The zero-order chi connectivity index (χ0) is 12.7. The molecular weight excluding hydrogens is 236 g/mol. The summed E-state index contributed by atoms with van der Waals surface area (Å²) < 4.78 is 11.4. The number of aliphatic carboxylic acids is 1. The molecule has 0 spiro atoms. The van der Waals surface area contributed by atoms with E-state index >= 15 is 0 Å². The van der Waals surface area contributed by atoms with Crippen LogP contribution in [0.15, 0.2) is 0 Å². The van der Waals surface area contributed by atoms with E-state index in [4.69, 9.17) is 5.11 Å². The van der Waals surface area contributed by atoms with Gasteiger partial charge in [-0.05, 0) is 6.92 Å². The number of carbonyl (C=O) groups is 3. The molecule has 0 aliphatic heterocycles. The number of hydrogen-bond donors (Lipinski definition) is 3. The fourth-order valence-electron chi connectivity index (χ4n) is 0.760. The van der Waals surface area contributed by atoms with E-state index in [2.05, 4.69) is 5.32 Å². The maximum absolute atomic E-state index is 11.4. The van der Waals surface area contributed by atoms with Crippen molar-refractivity contribution in [3.63, 3.8) is 0 Å². The minimum Gasteiger partial charge on any atom is -0.481 e. The topological polar surface area (TPSA) is 113 Å². The lowest BCUT2D eigenvalue weighted by Crippen LogP contribution is -2.43. The number of hydrogen-bond acceptors (Lipinski definition) is 4. The van der Waals surface area contributed by atoms with Crippen LogP contribution < -0.4 is 10.6 Å². The Morgan fingerprint density at radius 1 is 1.38 bits per heavy atom. The Bertz CT molecular complexity index is 318. The van der Waals surface area contributed by atoms with Crippen molar-refractivity contribution in [2.24, 2.45) is 0 Å². The molecule has 0 saturated carbocycles.